The normalized spacial score (nSPS) is 15.1. The van der Waals surface area contributed by atoms with Crippen LogP contribution in [-0.4, -0.2) is 31.5 Å². The molecule has 6 heteroatoms. The number of carboxylic acids is 1. The quantitative estimate of drug-likeness (QED) is 0.414. The number of hydrogen-bond donors (Lipinski definition) is 2. The van der Waals surface area contributed by atoms with Gasteiger partial charge in [-0.05, 0) is 0 Å². The summed E-state index contributed by atoms with van der Waals surface area (Å²) in [5, 5.41) is 11.9. The van der Waals surface area contributed by atoms with Gasteiger partial charge >= 0.3 is 141 Å². The second-order valence-electron chi connectivity index (χ2n) is 4.63. The second kappa shape index (κ2) is 5.44. The molecule has 0 unspecified atom stereocenters. The van der Waals surface area contributed by atoms with Crippen LogP contribution in [0.4, 0.5) is 5.69 Å². The molecule has 1 aromatic heterocycles. The predicted octanol–water partition coefficient (Wildman–Crippen LogP) is 2.85. The van der Waals surface area contributed by atoms with Crippen LogP contribution in [0.2, 0.25) is 0 Å². The summed E-state index contributed by atoms with van der Waals surface area (Å²) in [5.41, 5.74) is 2.64. The molecule has 0 spiro atoms. The molecule has 0 saturated carbocycles. The number of benzene rings is 1. The van der Waals surface area contributed by atoms with E-state index in [0.717, 1.165) is 23.7 Å². The minimum atomic E-state index is -0.909. The number of hydrogen-bond acceptors (Lipinski definition) is 2. The molecule has 0 saturated heterocycles. The van der Waals surface area contributed by atoms with E-state index < -0.39 is 5.97 Å². The molecule has 0 fully saturated rings. The Morgan fingerprint density at radius 2 is 2.14 bits per heavy atom. The Morgan fingerprint density at radius 1 is 1.38 bits per heavy atom. The SMILES string of the molecule is Cc1[se]c(C=C2C(=O)Nc3ccc(I)cc32)cc1C(=O)O. The summed E-state index contributed by atoms with van der Waals surface area (Å²) in [4.78, 5) is 23.2. The summed E-state index contributed by atoms with van der Waals surface area (Å²) >= 11 is 2.17. The summed E-state index contributed by atoms with van der Waals surface area (Å²) in [5.74, 6) is -1.04. The number of nitrogens with one attached hydrogen (secondary N) is 1. The topological polar surface area (TPSA) is 66.4 Å². The number of aryl methyl sites for hydroxylation is 1. The third-order valence-corrected chi connectivity index (χ3v) is 5.98. The van der Waals surface area contributed by atoms with Crippen molar-refractivity contribution in [3.63, 3.8) is 0 Å². The predicted molar refractivity (Wildman–Crippen MR) is 90.7 cm³/mol. The van der Waals surface area contributed by atoms with Gasteiger partial charge in [0.05, 0.1) is 0 Å². The van der Waals surface area contributed by atoms with Gasteiger partial charge in [-0.25, -0.2) is 0 Å². The van der Waals surface area contributed by atoms with E-state index in [1.54, 1.807) is 6.07 Å². The van der Waals surface area contributed by atoms with Crippen molar-refractivity contribution in [2.24, 2.45) is 0 Å². The summed E-state index contributed by atoms with van der Waals surface area (Å²) in [6.45, 7) is 1.83. The number of carbonyl (C=O) groups is 2. The van der Waals surface area contributed by atoms with E-state index in [1.165, 1.54) is 0 Å². The molecular formula is C15H10INO3Se. The van der Waals surface area contributed by atoms with Crippen LogP contribution in [0, 0.1) is 10.5 Å². The summed E-state index contributed by atoms with van der Waals surface area (Å²) in [7, 11) is 0. The fourth-order valence-electron chi connectivity index (χ4n) is 2.23. The molecule has 21 heavy (non-hydrogen) atoms. The Morgan fingerprint density at radius 3 is 2.81 bits per heavy atom. The van der Waals surface area contributed by atoms with Crippen molar-refractivity contribution in [3.8, 4) is 0 Å². The third kappa shape index (κ3) is 2.71. The van der Waals surface area contributed by atoms with Crippen LogP contribution in [0.1, 0.15) is 24.8 Å². The standard InChI is InChI=1S/C15H10INO3Se/c1-7-10(15(19)20)5-9(21-7)6-12-11-4-8(16)2-3-13(11)17-14(12)18/h2-6H,1H3,(H,17,18)(H,19,20). The first kappa shape index (κ1) is 14.6. The number of carbonyl (C=O) groups excluding carboxylic acids is 1. The van der Waals surface area contributed by atoms with Crippen LogP contribution in [0.15, 0.2) is 24.3 Å². The van der Waals surface area contributed by atoms with Gasteiger partial charge in [0.15, 0.2) is 0 Å². The fraction of sp³-hybridized carbons (Fsp3) is 0.0667. The van der Waals surface area contributed by atoms with Crippen LogP contribution in [0.3, 0.4) is 0 Å². The van der Waals surface area contributed by atoms with E-state index in [-0.39, 0.29) is 20.4 Å². The first-order valence-electron chi connectivity index (χ1n) is 6.12. The number of carboxylic acid groups (broad SMARTS) is 1. The molecule has 0 atom stereocenters. The third-order valence-electron chi connectivity index (χ3n) is 3.22. The van der Waals surface area contributed by atoms with Gasteiger partial charge in [0.1, 0.15) is 0 Å². The summed E-state index contributed by atoms with van der Waals surface area (Å²) in [6, 6.07) is 7.45. The van der Waals surface area contributed by atoms with Crippen molar-refractivity contribution < 1.29 is 14.7 Å². The van der Waals surface area contributed by atoms with Crippen LogP contribution in [-0.2, 0) is 4.79 Å². The Bertz CT molecular complexity index is 807. The van der Waals surface area contributed by atoms with Crippen LogP contribution in [0.5, 0.6) is 0 Å². The number of rotatable bonds is 2. The molecule has 2 N–H and O–H groups in total. The molecule has 1 amide bonds. The first-order chi connectivity index (χ1) is 9.95. The number of amides is 1. The van der Waals surface area contributed by atoms with Gasteiger partial charge in [-0.2, -0.15) is 0 Å². The minimum absolute atomic E-state index is 0.0360. The van der Waals surface area contributed by atoms with Gasteiger partial charge < -0.3 is 0 Å². The Kier molecular flexibility index (Phi) is 3.77. The van der Waals surface area contributed by atoms with E-state index in [2.05, 4.69) is 27.9 Å². The van der Waals surface area contributed by atoms with Gasteiger partial charge in [-0.15, -0.1) is 0 Å². The number of anilines is 1. The van der Waals surface area contributed by atoms with Gasteiger partial charge in [0.25, 0.3) is 0 Å². The molecule has 2 aromatic rings. The number of fused-ring (bicyclic) bond motifs is 1. The number of halogens is 1. The molecule has 0 aliphatic carbocycles. The van der Waals surface area contributed by atoms with Crippen LogP contribution < -0.4 is 5.32 Å². The average Bonchev–Trinajstić information content (AvgIpc) is 2.92. The van der Waals surface area contributed by atoms with Gasteiger partial charge in [0, 0.05) is 0 Å². The molecule has 1 aliphatic heterocycles. The van der Waals surface area contributed by atoms with Crippen LogP contribution >= 0.6 is 22.6 Å². The molecular weight excluding hydrogens is 448 g/mol. The molecule has 106 valence electrons. The zero-order valence-electron chi connectivity index (χ0n) is 10.9. The van der Waals surface area contributed by atoms with Gasteiger partial charge in [-0.1, -0.05) is 0 Å². The zero-order valence-corrected chi connectivity index (χ0v) is 14.8. The van der Waals surface area contributed by atoms with E-state index in [1.807, 2.05) is 31.2 Å². The average molecular weight is 458 g/mol. The van der Waals surface area contributed by atoms with Gasteiger partial charge in [-0.3, -0.25) is 0 Å². The molecule has 1 aromatic carbocycles. The van der Waals surface area contributed by atoms with E-state index in [9.17, 15) is 9.59 Å². The Balaban J connectivity index is 2.08. The van der Waals surface area contributed by atoms with Crippen molar-refractivity contribution >= 4 is 66.3 Å². The first-order valence-corrected chi connectivity index (χ1v) is 8.91. The maximum absolute atomic E-state index is 12.1. The fourth-order valence-corrected chi connectivity index (χ4v) is 4.75. The van der Waals surface area contributed by atoms with Crippen molar-refractivity contribution in [3.05, 3.63) is 47.8 Å². The monoisotopic (exact) mass is 459 g/mol. The van der Waals surface area contributed by atoms with Crippen molar-refractivity contribution in [1.82, 2.24) is 0 Å². The van der Waals surface area contributed by atoms with Gasteiger partial charge in [0.2, 0.25) is 0 Å². The summed E-state index contributed by atoms with van der Waals surface area (Å²) in [6.07, 6.45) is 1.82. The van der Waals surface area contributed by atoms with Crippen molar-refractivity contribution in [1.29, 1.82) is 0 Å². The van der Waals surface area contributed by atoms with E-state index >= 15 is 0 Å². The van der Waals surface area contributed by atoms with Crippen LogP contribution in [0.25, 0.3) is 11.6 Å². The van der Waals surface area contributed by atoms with E-state index in [4.69, 9.17) is 5.11 Å². The molecule has 1 aliphatic rings. The van der Waals surface area contributed by atoms with Crippen molar-refractivity contribution in [2.75, 3.05) is 5.32 Å². The van der Waals surface area contributed by atoms with E-state index in [0.29, 0.717) is 11.1 Å². The number of aromatic carboxylic acids is 1. The second-order valence-corrected chi connectivity index (χ2v) is 8.57. The van der Waals surface area contributed by atoms with Crippen molar-refractivity contribution in [2.45, 2.75) is 6.92 Å². The molecule has 2 heterocycles. The maximum atomic E-state index is 12.1. The molecule has 0 radical (unpaired) electrons. The molecule has 4 nitrogen and oxygen atoms in total. The Labute approximate surface area is 140 Å². The zero-order chi connectivity index (χ0) is 15.1. The molecule has 3 rings (SSSR count). The molecule has 0 bridgehead atoms. The summed E-state index contributed by atoms with van der Waals surface area (Å²) < 4.78 is 2.84. The Hall–Kier alpha value is -1.37.